The minimum absolute atomic E-state index is 0.200. The molecule has 0 spiro atoms. The second-order valence-electron chi connectivity index (χ2n) is 7.20. The first-order chi connectivity index (χ1) is 10.6. The summed E-state index contributed by atoms with van der Waals surface area (Å²) in [4.78, 5) is 0. The van der Waals surface area contributed by atoms with E-state index in [0.717, 1.165) is 32.1 Å². The Labute approximate surface area is 139 Å². The summed E-state index contributed by atoms with van der Waals surface area (Å²) < 4.78 is 64.5. The fourth-order valence-electron chi connectivity index (χ4n) is 4.73. The molecule has 0 heterocycles. The Bertz CT molecular complexity index is 545. The van der Waals surface area contributed by atoms with Gasteiger partial charge in [0.15, 0.2) is 0 Å². The second kappa shape index (κ2) is 7.37. The van der Waals surface area contributed by atoms with Crippen LogP contribution in [0.15, 0.2) is 0 Å². The molecule has 4 atom stereocenters. The molecule has 0 aliphatic heterocycles. The first kappa shape index (κ1) is 19.1. The van der Waals surface area contributed by atoms with E-state index in [9.17, 15) is 25.9 Å². The van der Waals surface area contributed by atoms with Crippen molar-refractivity contribution in [2.45, 2.75) is 75.2 Å². The summed E-state index contributed by atoms with van der Waals surface area (Å²) in [6.45, 7) is 2.05. The monoisotopic (exact) mass is 368 g/mol. The largest absolute Gasteiger partial charge is 0.285 e. The van der Waals surface area contributed by atoms with Gasteiger partial charge in [-0.1, -0.05) is 39.0 Å². The van der Waals surface area contributed by atoms with E-state index in [0.29, 0.717) is 25.7 Å². The Hall–Kier alpha value is -0.180. The van der Waals surface area contributed by atoms with Gasteiger partial charge < -0.3 is 0 Å². The predicted molar refractivity (Wildman–Crippen MR) is 88.4 cm³/mol. The van der Waals surface area contributed by atoms with Gasteiger partial charge in [0, 0.05) is 0 Å². The van der Waals surface area contributed by atoms with Crippen molar-refractivity contribution in [1.82, 2.24) is 0 Å². The van der Waals surface area contributed by atoms with E-state index in [1.165, 1.54) is 0 Å². The van der Waals surface area contributed by atoms with Crippen LogP contribution in [0.25, 0.3) is 0 Å². The van der Waals surface area contributed by atoms with Crippen molar-refractivity contribution < 1.29 is 25.9 Å². The fraction of sp³-hybridized carbons (Fsp3) is 1.00. The molecule has 136 valence electrons. The molecule has 4 unspecified atom stereocenters. The Morgan fingerprint density at radius 3 is 1.52 bits per heavy atom. The maximum atomic E-state index is 11.4. The summed E-state index contributed by atoms with van der Waals surface area (Å²) in [6.07, 6.45) is 6.21. The van der Waals surface area contributed by atoms with Crippen LogP contribution >= 0.6 is 0 Å². The normalized spacial score (nSPS) is 34.9. The molecule has 8 heteroatoms. The third kappa shape index (κ3) is 4.90. The van der Waals surface area contributed by atoms with E-state index in [2.05, 4.69) is 6.92 Å². The van der Waals surface area contributed by atoms with Crippen LogP contribution < -0.4 is 0 Å². The Morgan fingerprint density at radius 2 is 1.22 bits per heavy atom. The Morgan fingerprint density at radius 1 is 0.826 bits per heavy atom. The van der Waals surface area contributed by atoms with Gasteiger partial charge in [-0.05, 0) is 43.4 Å². The zero-order valence-corrected chi connectivity index (χ0v) is 15.2. The van der Waals surface area contributed by atoms with Crippen LogP contribution in [0.1, 0.15) is 64.7 Å². The molecule has 0 saturated heterocycles. The highest BCUT2D eigenvalue weighted by atomic mass is 32.2. The summed E-state index contributed by atoms with van der Waals surface area (Å²) in [7, 11) is -8.00. The molecular formula is C15H28O6S2. The lowest BCUT2D eigenvalue weighted by Gasteiger charge is -2.40. The summed E-state index contributed by atoms with van der Waals surface area (Å²) >= 11 is 0. The van der Waals surface area contributed by atoms with Crippen molar-refractivity contribution in [2.75, 3.05) is 0 Å². The number of hydrogen-bond donors (Lipinski definition) is 2. The predicted octanol–water partition coefficient (Wildman–Crippen LogP) is 2.91. The van der Waals surface area contributed by atoms with Crippen molar-refractivity contribution in [1.29, 1.82) is 0 Å². The van der Waals surface area contributed by atoms with Gasteiger partial charge in [0.2, 0.25) is 0 Å². The Kier molecular flexibility index (Phi) is 6.14. The maximum Gasteiger partial charge on any atom is 0.267 e. The first-order valence-corrected chi connectivity index (χ1v) is 11.6. The van der Waals surface area contributed by atoms with Crippen molar-refractivity contribution in [3.8, 4) is 0 Å². The highest BCUT2D eigenvalue weighted by Gasteiger charge is 2.39. The lowest BCUT2D eigenvalue weighted by molar-refractivity contribution is 0.139. The molecule has 0 amide bonds. The van der Waals surface area contributed by atoms with E-state index in [1.54, 1.807) is 0 Å². The molecule has 2 rings (SSSR count). The van der Waals surface area contributed by atoms with Crippen LogP contribution in [0.3, 0.4) is 0 Å². The molecule has 23 heavy (non-hydrogen) atoms. The molecule has 0 aromatic carbocycles. The molecule has 2 aliphatic carbocycles. The van der Waals surface area contributed by atoms with Crippen LogP contribution in [0.5, 0.6) is 0 Å². The molecule has 0 aromatic heterocycles. The minimum Gasteiger partial charge on any atom is -0.285 e. The van der Waals surface area contributed by atoms with Crippen LogP contribution in [-0.4, -0.2) is 36.4 Å². The summed E-state index contributed by atoms with van der Waals surface area (Å²) in [6, 6.07) is 0. The quantitative estimate of drug-likeness (QED) is 0.722. The van der Waals surface area contributed by atoms with Crippen molar-refractivity contribution in [2.24, 2.45) is 17.8 Å². The topological polar surface area (TPSA) is 109 Å². The van der Waals surface area contributed by atoms with Crippen molar-refractivity contribution in [3.63, 3.8) is 0 Å². The lowest BCUT2D eigenvalue weighted by Crippen LogP contribution is -2.37. The van der Waals surface area contributed by atoms with Gasteiger partial charge in [-0.25, -0.2) is 0 Å². The second-order valence-corrected chi connectivity index (χ2v) is 10.6. The van der Waals surface area contributed by atoms with E-state index in [1.807, 2.05) is 0 Å². The molecule has 6 nitrogen and oxygen atoms in total. The molecule has 2 aliphatic rings. The van der Waals surface area contributed by atoms with E-state index in [4.69, 9.17) is 0 Å². The average molecular weight is 369 g/mol. The van der Waals surface area contributed by atoms with Crippen LogP contribution in [0, 0.1) is 17.8 Å². The van der Waals surface area contributed by atoms with Crippen molar-refractivity contribution >= 4 is 20.2 Å². The average Bonchev–Trinajstić information content (AvgIpc) is 2.47. The highest BCUT2D eigenvalue weighted by molar-refractivity contribution is 7.86. The van der Waals surface area contributed by atoms with Crippen LogP contribution in [-0.2, 0) is 20.2 Å². The molecule has 0 bridgehead atoms. The smallest absolute Gasteiger partial charge is 0.267 e. The molecular weight excluding hydrogens is 340 g/mol. The molecule has 2 saturated carbocycles. The Balaban J connectivity index is 2.09. The maximum absolute atomic E-state index is 11.4. The molecule has 0 aromatic rings. The molecule has 2 N–H and O–H groups in total. The van der Waals surface area contributed by atoms with E-state index >= 15 is 0 Å². The third-order valence-corrected chi connectivity index (χ3v) is 8.40. The SMILES string of the molecule is CCC(C1CCCC(S(=O)(=O)O)C1)C1CCCC(S(=O)(=O)O)C1. The summed E-state index contributed by atoms with van der Waals surface area (Å²) in [5.41, 5.74) is 0. The zero-order chi connectivity index (χ0) is 17.3. The number of rotatable bonds is 5. The standard InChI is InChI=1S/C15H28O6S2/c1-2-15(11-5-3-7-13(9-11)22(16,17)18)12-6-4-8-14(10-12)23(19,20)21/h11-15H,2-10H2,1H3,(H,16,17,18)(H,19,20,21). The third-order valence-electron chi connectivity index (χ3n) is 5.86. The number of hydrogen-bond acceptors (Lipinski definition) is 4. The van der Waals surface area contributed by atoms with Gasteiger partial charge in [-0.2, -0.15) is 16.8 Å². The van der Waals surface area contributed by atoms with Gasteiger partial charge in [0.25, 0.3) is 20.2 Å². The minimum atomic E-state index is -4.00. The van der Waals surface area contributed by atoms with Crippen molar-refractivity contribution in [3.05, 3.63) is 0 Å². The van der Waals surface area contributed by atoms with Crippen LogP contribution in [0.4, 0.5) is 0 Å². The highest BCUT2D eigenvalue weighted by Crippen LogP contribution is 2.43. The van der Waals surface area contributed by atoms with Gasteiger partial charge in [-0.3, -0.25) is 9.11 Å². The van der Waals surface area contributed by atoms with Gasteiger partial charge in [0.1, 0.15) is 0 Å². The zero-order valence-electron chi connectivity index (χ0n) is 13.6. The van der Waals surface area contributed by atoms with Crippen LogP contribution in [0.2, 0.25) is 0 Å². The molecule has 2 fully saturated rings. The summed E-state index contributed by atoms with van der Waals surface area (Å²) in [5, 5.41) is -1.37. The van der Waals surface area contributed by atoms with E-state index < -0.39 is 30.7 Å². The first-order valence-electron chi connectivity index (χ1n) is 8.55. The van der Waals surface area contributed by atoms with Gasteiger partial charge in [0.05, 0.1) is 10.5 Å². The molecule has 0 radical (unpaired) electrons. The van der Waals surface area contributed by atoms with Gasteiger partial charge in [-0.15, -0.1) is 0 Å². The van der Waals surface area contributed by atoms with Gasteiger partial charge >= 0.3 is 0 Å². The lowest BCUT2D eigenvalue weighted by atomic mass is 9.68. The fourth-order valence-corrected chi connectivity index (χ4v) is 6.64. The summed E-state index contributed by atoms with van der Waals surface area (Å²) in [5.74, 6) is 0.653. The van der Waals surface area contributed by atoms with E-state index in [-0.39, 0.29) is 17.8 Å².